The maximum Gasteiger partial charge on any atom is 0.233 e. The van der Waals surface area contributed by atoms with Crippen LogP contribution >= 0.6 is 11.8 Å². The number of hydrogen-bond acceptors (Lipinski definition) is 4. The summed E-state index contributed by atoms with van der Waals surface area (Å²) in [4.78, 5) is 13.4. The van der Waals surface area contributed by atoms with Crippen molar-refractivity contribution >= 4 is 17.7 Å². The summed E-state index contributed by atoms with van der Waals surface area (Å²) in [7, 11) is 0. The first-order valence-corrected chi connectivity index (χ1v) is 9.40. The Labute approximate surface area is 153 Å². The van der Waals surface area contributed by atoms with Crippen LogP contribution in [0.4, 0.5) is 0 Å². The normalized spacial score (nSPS) is 11.6. The van der Waals surface area contributed by atoms with E-state index in [1.165, 1.54) is 0 Å². The minimum Gasteiger partial charge on any atom is -0.490 e. The van der Waals surface area contributed by atoms with Gasteiger partial charge >= 0.3 is 0 Å². The molecule has 2 aromatic rings. The highest BCUT2D eigenvalue weighted by atomic mass is 32.2. The number of carbonyl (C=O) groups is 1. The fourth-order valence-electron chi connectivity index (χ4n) is 2.30. The molecule has 1 N–H and O–H groups in total. The van der Waals surface area contributed by atoms with Gasteiger partial charge in [-0.05, 0) is 50.6 Å². The Morgan fingerprint density at radius 1 is 1.04 bits per heavy atom. The molecule has 2 rings (SSSR count). The Morgan fingerprint density at radius 2 is 1.72 bits per heavy atom. The highest BCUT2D eigenvalue weighted by Crippen LogP contribution is 2.28. The summed E-state index contributed by atoms with van der Waals surface area (Å²) >= 11 is 1.55. The second-order valence-corrected chi connectivity index (χ2v) is 6.85. The molecule has 0 fully saturated rings. The summed E-state index contributed by atoms with van der Waals surface area (Å²) in [6.07, 6.45) is 0. The van der Waals surface area contributed by atoms with Crippen LogP contribution in [0, 0.1) is 0 Å². The van der Waals surface area contributed by atoms with Gasteiger partial charge in [0.2, 0.25) is 5.91 Å². The van der Waals surface area contributed by atoms with Crippen molar-refractivity contribution in [2.75, 3.05) is 13.2 Å². The molecule has 0 heterocycles. The lowest BCUT2D eigenvalue weighted by molar-refractivity contribution is -0.120. The molecule has 0 aromatic heterocycles. The van der Waals surface area contributed by atoms with Gasteiger partial charge in [0.05, 0.1) is 18.5 Å². The quantitative estimate of drug-likeness (QED) is 0.679. The number of benzene rings is 2. The summed E-state index contributed by atoms with van der Waals surface area (Å²) < 4.78 is 11.2. The summed E-state index contributed by atoms with van der Waals surface area (Å²) in [5.41, 5.74) is 0.983. The van der Waals surface area contributed by atoms with Gasteiger partial charge in [-0.25, -0.2) is 0 Å². The Morgan fingerprint density at radius 3 is 2.40 bits per heavy atom. The zero-order chi connectivity index (χ0) is 18.1. The van der Waals surface area contributed by atoms with E-state index >= 15 is 0 Å². The largest absolute Gasteiger partial charge is 0.490 e. The predicted molar refractivity (Wildman–Crippen MR) is 102 cm³/mol. The van der Waals surface area contributed by atoms with Crippen LogP contribution in [0.5, 0.6) is 11.5 Å². The minimum atomic E-state index is -0.156. The molecule has 0 aliphatic rings. The second-order valence-electron chi connectivity index (χ2n) is 5.44. The van der Waals surface area contributed by atoms with Gasteiger partial charge in [0.15, 0.2) is 11.5 Å². The molecule has 25 heavy (non-hydrogen) atoms. The van der Waals surface area contributed by atoms with Crippen molar-refractivity contribution in [1.29, 1.82) is 0 Å². The van der Waals surface area contributed by atoms with E-state index < -0.39 is 0 Å². The Kier molecular flexibility index (Phi) is 7.67. The maximum absolute atomic E-state index is 12.3. The number of thioether (sulfide) groups is 1. The molecule has 1 atom stereocenters. The Hall–Kier alpha value is -2.14. The molecule has 0 saturated heterocycles. The zero-order valence-electron chi connectivity index (χ0n) is 15.0. The van der Waals surface area contributed by atoms with Gasteiger partial charge < -0.3 is 14.8 Å². The molecule has 1 amide bonds. The van der Waals surface area contributed by atoms with Crippen LogP contribution in [0.2, 0.25) is 0 Å². The second kappa shape index (κ2) is 9.99. The van der Waals surface area contributed by atoms with Crippen LogP contribution in [0.15, 0.2) is 53.4 Å². The van der Waals surface area contributed by atoms with E-state index in [1.54, 1.807) is 11.8 Å². The SMILES string of the molecule is CCOc1ccc(CNC(=O)C(C)Sc2ccccc2)cc1OCC. The summed E-state index contributed by atoms with van der Waals surface area (Å²) in [5.74, 6) is 1.45. The smallest absolute Gasteiger partial charge is 0.233 e. The predicted octanol–water partition coefficient (Wildman–Crippen LogP) is 4.28. The first kappa shape index (κ1) is 19.2. The number of ether oxygens (including phenoxy) is 2. The van der Waals surface area contributed by atoms with E-state index in [-0.39, 0.29) is 11.2 Å². The molecule has 4 nitrogen and oxygen atoms in total. The van der Waals surface area contributed by atoms with Crippen LogP contribution in [0.3, 0.4) is 0 Å². The molecule has 0 aliphatic heterocycles. The number of hydrogen-bond donors (Lipinski definition) is 1. The third-order valence-electron chi connectivity index (χ3n) is 3.50. The average molecular weight is 359 g/mol. The number of nitrogens with one attached hydrogen (secondary N) is 1. The molecule has 0 saturated carbocycles. The summed E-state index contributed by atoms with van der Waals surface area (Å²) in [6.45, 7) is 7.41. The monoisotopic (exact) mass is 359 g/mol. The molecule has 0 aliphatic carbocycles. The molecular formula is C20H25NO3S. The molecular weight excluding hydrogens is 334 g/mol. The minimum absolute atomic E-state index is 0.0145. The van der Waals surface area contributed by atoms with Gasteiger partial charge in [-0.1, -0.05) is 24.3 Å². The van der Waals surface area contributed by atoms with Gasteiger partial charge in [0, 0.05) is 11.4 Å². The van der Waals surface area contributed by atoms with E-state index in [0.29, 0.717) is 25.5 Å². The molecule has 2 aromatic carbocycles. The first-order valence-electron chi connectivity index (χ1n) is 8.52. The van der Waals surface area contributed by atoms with Crippen molar-refractivity contribution in [2.45, 2.75) is 37.5 Å². The first-order chi connectivity index (χ1) is 12.1. The van der Waals surface area contributed by atoms with Crippen molar-refractivity contribution in [3.63, 3.8) is 0 Å². The fourth-order valence-corrected chi connectivity index (χ4v) is 3.21. The lowest BCUT2D eigenvalue weighted by Crippen LogP contribution is -2.30. The molecule has 0 spiro atoms. The van der Waals surface area contributed by atoms with Crippen LogP contribution < -0.4 is 14.8 Å². The standard InChI is InChI=1S/C20H25NO3S/c1-4-23-18-12-11-16(13-19(18)24-5-2)14-21-20(22)15(3)25-17-9-7-6-8-10-17/h6-13,15H,4-5,14H2,1-3H3,(H,21,22). The van der Waals surface area contributed by atoms with E-state index in [4.69, 9.17) is 9.47 Å². The van der Waals surface area contributed by atoms with Crippen molar-refractivity contribution in [1.82, 2.24) is 5.32 Å². The van der Waals surface area contributed by atoms with Gasteiger partial charge in [0.25, 0.3) is 0 Å². The lowest BCUT2D eigenvalue weighted by Gasteiger charge is -2.14. The van der Waals surface area contributed by atoms with Gasteiger partial charge in [-0.3, -0.25) is 4.79 Å². The number of carbonyl (C=O) groups excluding carboxylic acids is 1. The highest BCUT2D eigenvalue weighted by molar-refractivity contribution is 8.00. The van der Waals surface area contributed by atoms with Crippen LogP contribution in [0.25, 0.3) is 0 Å². The fraction of sp³-hybridized carbons (Fsp3) is 0.350. The topological polar surface area (TPSA) is 47.6 Å². The third kappa shape index (κ3) is 6.02. The van der Waals surface area contributed by atoms with E-state index in [0.717, 1.165) is 16.2 Å². The third-order valence-corrected chi connectivity index (χ3v) is 4.61. The number of amides is 1. The highest BCUT2D eigenvalue weighted by Gasteiger charge is 2.14. The van der Waals surface area contributed by atoms with Crippen molar-refractivity contribution in [3.05, 3.63) is 54.1 Å². The number of rotatable bonds is 9. The molecule has 0 bridgehead atoms. The Bertz CT molecular complexity index is 676. The molecule has 134 valence electrons. The summed E-state index contributed by atoms with van der Waals surface area (Å²) in [6, 6.07) is 15.7. The lowest BCUT2D eigenvalue weighted by atomic mass is 10.2. The van der Waals surface area contributed by atoms with Crippen LogP contribution in [-0.4, -0.2) is 24.4 Å². The summed E-state index contributed by atoms with van der Waals surface area (Å²) in [5, 5.41) is 2.83. The van der Waals surface area contributed by atoms with E-state index in [2.05, 4.69) is 5.32 Å². The van der Waals surface area contributed by atoms with Crippen molar-refractivity contribution < 1.29 is 14.3 Å². The zero-order valence-corrected chi connectivity index (χ0v) is 15.8. The van der Waals surface area contributed by atoms with E-state index in [9.17, 15) is 4.79 Å². The molecule has 5 heteroatoms. The van der Waals surface area contributed by atoms with Crippen LogP contribution in [-0.2, 0) is 11.3 Å². The van der Waals surface area contributed by atoms with Crippen molar-refractivity contribution in [2.24, 2.45) is 0 Å². The van der Waals surface area contributed by atoms with Gasteiger partial charge in [-0.2, -0.15) is 0 Å². The molecule has 1 unspecified atom stereocenters. The maximum atomic E-state index is 12.3. The van der Waals surface area contributed by atoms with Gasteiger partial charge in [-0.15, -0.1) is 11.8 Å². The van der Waals surface area contributed by atoms with Crippen LogP contribution in [0.1, 0.15) is 26.3 Å². The average Bonchev–Trinajstić information content (AvgIpc) is 2.62. The Balaban J connectivity index is 1.93. The van der Waals surface area contributed by atoms with Gasteiger partial charge in [0.1, 0.15) is 0 Å². The molecule has 0 radical (unpaired) electrons. The van der Waals surface area contributed by atoms with Crippen molar-refractivity contribution in [3.8, 4) is 11.5 Å². The van der Waals surface area contributed by atoms with E-state index in [1.807, 2.05) is 69.3 Å².